The van der Waals surface area contributed by atoms with Gasteiger partial charge in [-0.05, 0) is 13.8 Å². The molecule has 0 saturated carbocycles. The minimum Gasteiger partial charge on any atom is -0.481 e. The van der Waals surface area contributed by atoms with Crippen LogP contribution in [0.4, 0.5) is 0 Å². The third-order valence-corrected chi connectivity index (χ3v) is 0.742. The smallest absolute Gasteiger partial charge is 0.481 e. The van der Waals surface area contributed by atoms with Gasteiger partial charge in [0.25, 0.3) is 5.97 Å². The van der Waals surface area contributed by atoms with E-state index in [-0.39, 0.29) is 6.61 Å². The van der Waals surface area contributed by atoms with E-state index in [4.69, 9.17) is 29.6 Å². The molecule has 0 amide bonds. The number of phosphoric ester groups is 1. The van der Waals surface area contributed by atoms with Gasteiger partial charge < -0.3 is 19.5 Å². The molecule has 0 radical (unpaired) electrons. The molecule has 0 saturated heterocycles. The third-order valence-electron chi connectivity index (χ3n) is 0.247. The van der Waals surface area contributed by atoms with Crippen molar-refractivity contribution in [2.75, 3.05) is 6.61 Å². The number of carboxylic acid groups (broad SMARTS) is 1. The Bertz CT molecular complexity index is 253. The number of rotatable bonds is 1. The summed E-state index contributed by atoms with van der Waals surface area (Å²) in [6.45, 7) is 5.37. The van der Waals surface area contributed by atoms with E-state index < -0.39 is 19.8 Å². The highest BCUT2D eigenvalue weighted by molar-refractivity contribution is 7.46. The van der Waals surface area contributed by atoms with Crippen LogP contribution < -0.4 is 0 Å². The molecule has 0 heterocycles. The zero-order chi connectivity index (χ0) is 15.8. The van der Waals surface area contributed by atoms with Crippen molar-refractivity contribution < 1.29 is 43.5 Å². The Labute approximate surface area is 105 Å². The molecule has 0 unspecified atom stereocenters. The maximum Gasteiger partial charge on any atom is 0.526 e. The van der Waals surface area contributed by atoms with Crippen molar-refractivity contribution in [3.63, 3.8) is 0 Å². The van der Waals surface area contributed by atoms with Crippen LogP contribution in [0.3, 0.4) is 0 Å². The van der Waals surface area contributed by atoms with Crippen molar-refractivity contribution >= 4 is 26.0 Å². The second-order valence-corrected chi connectivity index (χ2v) is 3.31. The molecular weight excluding hydrogens is 271 g/mol. The molecule has 18 heavy (non-hydrogen) atoms. The van der Waals surface area contributed by atoms with Gasteiger partial charge in [-0.2, -0.15) is 0 Å². The largest absolute Gasteiger partial charge is 0.526 e. The molecule has 0 aromatic heterocycles. The summed E-state index contributed by atoms with van der Waals surface area (Å²) >= 11 is 0. The highest BCUT2D eigenvalue weighted by atomic mass is 31.2. The summed E-state index contributed by atoms with van der Waals surface area (Å²) in [5.41, 5.74) is 0. The second kappa shape index (κ2) is 18.1. The zero-order valence-corrected chi connectivity index (χ0v) is 11.5. The first-order valence-corrected chi connectivity index (χ1v) is 5.97. The van der Waals surface area contributed by atoms with E-state index in [1.807, 2.05) is 0 Å². The van der Waals surface area contributed by atoms with Gasteiger partial charge in [0.05, 0.1) is 0 Å². The molecule has 0 atom stereocenters. The third kappa shape index (κ3) is 200. The van der Waals surface area contributed by atoms with Crippen molar-refractivity contribution in [2.24, 2.45) is 0 Å². The quantitative estimate of drug-likeness (QED) is 0.383. The van der Waals surface area contributed by atoms with E-state index in [9.17, 15) is 9.36 Å². The molecule has 0 aliphatic carbocycles. The molecule has 110 valence electrons. The van der Waals surface area contributed by atoms with Crippen molar-refractivity contribution in [2.45, 2.75) is 27.7 Å². The van der Waals surface area contributed by atoms with Crippen LogP contribution in [0.1, 0.15) is 27.7 Å². The number of carboxylic acids is 1. The number of aliphatic carboxylic acids is 1. The molecule has 0 aliphatic heterocycles. The maximum atomic E-state index is 9.74. The van der Waals surface area contributed by atoms with E-state index in [1.165, 1.54) is 6.92 Å². The van der Waals surface area contributed by atoms with E-state index in [0.717, 1.165) is 20.1 Å². The number of aliphatic hydroxyl groups excluding tert-OH is 1. The lowest BCUT2D eigenvalue weighted by Crippen LogP contribution is -1.94. The summed E-state index contributed by atoms with van der Waals surface area (Å²) in [7, 11) is -4.57. The summed E-state index contributed by atoms with van der Waals surface area (Å²) in [6, 6.07) is 0. The van der Waals surface area contributed by atoms with E-state index in [1.54, 1.807) is 6.92 Å². The lowest BCUT2D eigenvalue weighted by molar-refractivity contribution is -0.135. The predicted molar refractivity (Wildman–Crippen MR) is 61.6 cm³/mol. The van der Waals surface area contributed by atoms with Crippen molar-refractivity contribution in [1.29, 1.82) is 0 Å². The fourth-order valence-electron chi connectivity index (χ4n) is 0.167. The summed E-state index contributed by atoms with van der Waals surface area (Å²) in [6.07, 6.45) is 0.750. The lowest BCUT2D eigenvalue weighted by atomic mass is 10.9. The Morgan fingerprint density at radius 3 is 1.44 bits per heavy atom. The van der Waals surface area contributed by atoms with Crippen LogP contribution in [0.2, 0.25) is 0 Å². The van der Waals surface area contributed by atoms with Crippen LogP contribution in [0.25, 0.3) is 0 Å². The first kappa shape index (κ1) is 25.5. The Hall–Kier alpha value is -1.28. The first-order chi connectivity index (χ1) is 7.98. The molecule has 0 bridgehead atoms. The molecule has 0 spiro atoms. The predicted octanol–water partition coefficient (Wildman–Crippen LogP) is -0.0631. The average molecular weight is 290 g/mol. The van der Waals surface area contributed by atoms with Gasteiger partial charge in [-0.15, -0.1) is 0 Å². The molecule has 9 nitrogen and oxygen atoms in total. The summed E-state index contributed by atoms with van der Waals surface area (Å²) in [5.74, 6) is -1.82. The monoisotopic (exact) mass is 290 g/mol. The minimum atomic E-state index is -4.57. The van der Waals surface area contributed by atoms with Gasteiger partial charge in [0.15, 0.2) is 0 Å². The number of aliphatic hydroxyl groups is 1. The van der Waals surface area contributed by atoms with Crippen molar-refractivity contribution in [3.8, 4) is 0 Å². The summed E-state index contributed by atoms with van der Waals surface area (Å²) in [4.78, 5) is 43.3. The lowest BCUT2D eigenvalue weighted by Gasteiger charge is -1.98. The van der Waals surface area contributed by atoms with Gasteiger partial charge in [0.1, 0.15) is 6.29 Å². The number of carbonyl (C=O) groups is 3. The molecule has 0 aromatic rings. The van der Waals surface area contributed by atoms with Crippen LogP contribution in [0.5, 0.6) is 0 Å². The zero-order valence-electron chi connectivity index (χ0n) is 10.6. The van der Waals surface area contributed by atoms with Crippen LogP contribution in [0, 0.1) is 0 Å². The number of phosphoric acid groups is 1. The van der Waals surface area contributed by atoms with Gasteiger partial charge in [0, 0.05) is 20.5 Å². The second-order valence-electron chi connectivity index (χ2n) is 2.14. The van der Waals surface area contributed by atoms with Crippen molar-refractivity contribution in [3.05, 3.63) is 0 Å². The normalized spacial score (nSPS) is 7.94. The molecule has 0 fully saturated rings. The Morgan fingerprint density at radius 1 is 1.28 bits per heavy atom. The van der Waals surface area contributed by atoms with Gasteiger partial charge >= 0.3 is 13.8 Å². The number of aldehydes is 1. The van der Waals surface area contributed by atoms with Crippen LogP contribution in [-0.4, -0.2) is 44.8 Å². The summed E-state index contributed by atoms with van der Waals surface area (Å²) in [5, 5.41) is 15.0. The van der Waals surface area contributed by atoms with Crippen LogP contribution in [0.15, 0.2) is 0 Å². The van der Waals surface area contributed by atoms with Crippen LogP contribution >= 0.6 is 7.82 Å². The summed E-state index contributed by atoms with van der Waals surface area (Å²) < 4.78 is 13.2. The first-order valence-electron chi connectivity index (χ1n) is 4.44. The van der Waals surface area contributed by atoms with E-state index in [2.05, 4.69) is 4.52 Å². The number of hydrogen-bond acceptors (Lipinski definition) is 6. The standard InChI is InChI=1S/C2H5O5P.C2H4O2.C2H6O.C2H4O/c1-2(3)7-8(4,5)6;1-2(3)4;2*1-2-3/h1H3,(H2,4,5,6);1H3,(H,3,4);3H,2H2,1H3;2H,1H3. The van der Waals surface area contributed by atoms with Gasteiger partial charge in [-0.1, -0.05) is 0 Å². The molecule has 0 aliphatic rings. The highest BCUT2D eigenvalue weighted by Crippen LogP contribution is 2.35. The highest BCUT2D eigenvalue weighted by Gasteiger charge is 2.16. The molecule has 0 rings (SSSR count). The number of hydrogen-bond donors (Lipinski definition) is 4. The SMILES string of the molecule is CC(=O)O.CC(=O)OP(=O)(O)O.CC=O.CCO. The molecule has 4 N–H and O–H groups in total. The van der Waals surface area contributed by atoms with Gasteiger partial charge in [0.2, 0.25) is 0 Å². The van der Waals surface area contributed by atoms with Crippen LogP contribution in [-0.2, 0) is 23.5 Å². The molecule has 10 heteroatoms. The van der Waals surface area contributed by atoms with E-state index >= 15 is 0 Å². The maximum absolute atomic E-state index is 9.74. The molecular formula is C8H19O9P. The Kier molecular flexibility index (Phi) is 25.7. The molecule has 0 aromatic carbocycles. The van der Waals surface area contributed by atoms with Crippen molar-refractivity contribution in [1.82, 2.24) is 0 Å². The van der Waals surface area contributed by atoms with Gasteiger partial charge in [-0.3, -0.25) is 19.4 Å². The topological polar surface area (TPSA) is 158 Å². The number of carbonyl (C=O) groups excluding carboxylic acids is 2. The Morgan fingerprint density at radius 2 is 1.44 bits per heavy atom. The average Bonchev–Trinajstić information content (AvgIpc) is 1.99. The fraction of sp³-hybridized carbons (Fsp3) is 0.625. The minimum absolute atomic E-state index is 0.250. The van der Waals surface area contributed by atoms with Gasteiger partial charge in [-0.25, -0.2) is 4.57 Å². The van der Waals surface area contributed by atoms with E-state index in [0.29, 0.717) is 0 Å². The Balaban J connectivity index is -0.0000000827. The fourth-order valence-corrected chi connectivity index (χ4v) is 0.502.